The van der Waals surface area contributed by atoms with Crippen molar-refractivity contribution in [2.45, 2.75) is 72.3 Å². The molecule has 0 spiro atoms. The van der Waals surface area contributed by atoms with Crippen LogP contribution in [-0.4, -0.2) is 22.3 Å². The van der Waals surface area contributed by atoms with E-state index in [-0.39, 0.29) is 11.2 Å². The molecule has 1 aromatic heterocycles. The first-order valence-corrected chi connectivity index (χ1v) is 10.6. The predicted molar refractivity (Wildman–Crippen MR) is 116 cm³/mol. The number of fused-ring (bicyclic) bond motifs is 1. The average Bonchev–Trinajstić information content (AvgIpc) is 3.20. The Morgan fingerprint density at radius 3 is 2.48 bits per heavy atom. The van der Waals surface area contributed by atoms with Crippen LogP contribution in [0.25, 0.3) is 5.69 Å². The monoisotopic (exact) mass is 393 g/mol. The van der Waals surface area contributed by atoms with E-state index in [9.17, 15) is 9.59 Å². The number of nitrogens with zero attached hydrogens (tertiary/aromatic N) is 1. The first-order valence-electron chi connectivity index (χ1n) is 10.6. The van der Waals surface area contributed by atoms with Crippen LogP contribution in [0.1, 0.15) is 83.5 Å². The number of Topliss-reactive ketones (excluding diaryl/α,β-unsaturated/α-hetero) is 1. The molecule has 3 N–H and O–H groups in total. The maximum Gasteiger partial charge on any atom is 0.251 e. The van der Waals surface area contributed by atoms with Crippen molar-refractivity contribution in [3.63, 3.8) is 0 Å². The molecule has 5 nitrogen and oxygen atoms in total. The summed E-state index contributed by atoms with van der Waals surface area (Å²) in [5.74, 6) is -0.182. The number of nitrogens with two attached hydrogens (primary N) is 1. The summed E-state index contributed by atoms with van der Waals surface area (Å²) in [5.41, 5.74) is 11.8. The maximum absolute atomic E-state index is 12.8. The summed E-state index contributed by atoms with van der Waals surface area (Å²) < 4.78 is 2.14. The van der Waals surface area contributed by atoms with Gasteiger partial charge in [-0.2, -0.15) is 0 Å². The van der Waals surface area contributed by atoms with Gasteiger partial charge in [-0.05, 0) is 61.8 Å². The molecule has 1 heterocycles. The van der Waals surface area contributed by atoms with Gasteiger partial charge in [0.2, 0.25) is 0 Å². The molecular formula is C24H31N3O2. The Morgan fingerprint density at radius 1 is 1.14 bits per heavy atom. The van der Waals surface area contributed by atoms with E-state index in [1.54, 1.807) is 0 Å². The lowest BCUT2D eigenvalue weighted by Crippen LogP contribution is -2.28. The van der Waals surface area contributed by atoms with Gasteiger partial charge in [-0.15, -0.1) is 0 Å². The second-order valence-corrected chi connectivity index (χ2v) is 9.62. The van der Waals surface area contributed by atoms with Crippen molar-refractivity contribution < 1.29 is 9.59 Å². The molecule has 0 unspecified atom stereocenters. The van der Waals surface area contributed by atoms with Gasteiger partial charge >= 0.3 is 0 Å². The molecule has 29 heavy (non-hydrogen) atoms. The molecule has 4 rings (SSSR count). The van der Waals surface area contributed by atoms with Gasteiger partial charge in [0.1, 0.15) is 0 Å². The van der Waals surface area contributed by atoms with Gasteiger partial charge in [0, 0.05) is 41.3 Å². The minimum atomic E-state index is -0.406. The number of hydrogen-bond acceptors (Lipinski definition) is 3. The molecule has 154 valence electrons. The van der Waals surface area contributed by atoms with Crippen LogP contribution in [-0.2, 0) is 6.42 Å². The van der Waals surface area contributed by atoms with Crippen molar-refractivity contribution in [3.05, 3.63) is 46.3 Å². The number of nitrogens with one attached hydrogen (secondary N) is 1. The Labute approximate surface area is 172 Å². The molecule has 0 bridgehead atoms. The van der Waals surface area contributed by atoms with Crippen LogP contribution < -0.4 is 11.1 Å². The molecule has 0 atom stereocenters. The summed E-state index contributed by atoms with van der Waals surface area (Å²) in [6.45, 7) is 8.24. The van der Waals surface area contributed by atoms with Crippen LogP contribution in [0.15, 0.2) is 18.3 Å². The highest BCUT2D eigenvalue weighted by Gasteiger charge is 2.35. The molecular weight excluding hydrogens is 362 g/mol. The number of carbonyl (C=O) groups is 2. The summed E-state index contributed by atoms with van der Waals surface area (Å²) in [7, 11) is 0. The van der Waals surface area contributed by atoms with Crippen molar-refractivity contribution in [2.24, 2.45) is 11.1 Å². The second kappa shape index (κ2) is 7.05. The minimum Gasteiger partial charge on any atom is -0.382 e. The largest absolute Gasteiger partial charge is 0.382 e. The van der Waals surface area contributed by atoms with E-state index in [1.165, 1.54) is 12.8 Å². The van der Waals surface area contributed by atoms with E-state index >= 15 is 0 Å². The number of hydrogen-bond donors (Lipinski definition) is 2. The highest BCUT2D eigenvalue weighted by molar-refractivity contribution is 6.01. The molecule has 1 saturated carbocycles. The minimum absolute atomic E-state index is 0.0558. The zero-order valence-electron chi connectivity index (χ0n) is 17.9. The first-order chi connectivity index (χ1) is 13.7. The summed E-state index contributed by atoms with van der Waals surface area (Å²) in [6, 6.07) is 4.41. The normalized spacial score (nSPS) is 18.7. The fraction of sp³-hybridized carbons (Fsp3) is 0.500. The standard InChI is InChI=1S/C24H31N3O2/c1-14-9-17(10-18(21(14)23(25)29)26-16-7-5-6-8-16)27-13-15(2)22-19(27)11-24(3,4)12-20(22)28/h9-10,13,16,26H,5-8,11-12H2,1-4H3,(H2,25,29). The third-order valence-electron chi connectivity index (χ3n) is 6.42. The van der Waals surface area contributed by atoms with Crippen LogP contribution in [0.3, 0.4) is 0 Å². The van der Waals surface area contributed by atoms with Crippen LogP contribution >= 0.6 is 0 Å². The van der Waals surface area contributed by atoms with Gasteiger partial charge in [-0.1, -0.05) is 26.7 Å². The first kappa shape index (κ1) is 19.7. The number of carbonyl (C=O) groups excluding carboxylic acids is 2. The topological polar surface area (TPSA) is 77.1 Å². The van der Waals surface area contributed by atoms with Gasteiger partial charge < -0.3 is 15.6 Å². The fourth-order valence-corrected chi connectivity index (χ4v) is 5.15. The van der Waals surface area contributed by atoms with Gasteiger partial charge in [-0.3, -0.25) is 9.59 Å². The molecule has 0 aliphatic heterocycles. The summed E-state index contributed by atoms with van der Waals surface area (Å²) in [5, 5.41) is 3.57. The molecule has 5 heteroatoms. The van der Waals surface area contributed by atoms with Crippen molar-refractivity contribution >= 4 is 17.4 Å². The SMILES string of the molecule is Cc1cc(-n2cc(C)c3c2CC(C)(C)CC3=O)cc(NC2CCCC2)c1C(N)=O. The van der Waals surface area contributed by atoms with Gasteiger partial charge in [0.25, 0.3) is 5.91 Å². The average molecular weight is 394 g/mol. The van der Waals surface area contributed by atoms with Gasteiger partial charge in [0.05, 0.1) is 5.56 Å². The lowest BCUT2D eigenvalue weighted by atomic mass is 9.75. The fourth-order valence-electron chi connectivity index (χ4n) is 5.15. The Morgan fingerprint density at radius 2 is 1.83 bits per heavy atom. The third-order valence-corrected chi connectivity index (χ3v) is 6.42. The summed E-state index contributed by atoms with van der Waals surface area (Å²) in [4.78, 5) is 24.9. The third kappa shape index (κ3) is 3.59. The van der Waals surface area contributed by atoms with E-state index in [4.69, 9.17) is 5.73 Å². The smallest absolute Gasteiger partial charge is 0.251 e. The lowest BCUT2D eigenvalue weighted by Gasteiger charge is -2.30. The van der Waals surface area contributed by atoms with Crippen molar-refractivity contribution in [2.75, 3.05) is 5.32 Å². The number of aryl methyl sites for hydroxylation is 2. The van der Waals surface area contributed by atoms with E-state index in [2.05, 4.69) is 29.9 Å². The van der Waals surface area contributed by atoms with Crippen LogP contribution in [0.4, 0.5) is 5.69 Å². The lowest BCUT2D eigenvalue weighted by molar-refractivity contribution is 0.0909. The Kier molecular flexibility index (Phi) is 4.80. The molecule has 2 aliphatic rings. The molecule has 0 saturated heterocycles. The molecule has 2 aliphatic carbocycles. The van der Waals surface area contributed by atoms with Gasteiger partial charge in [0.15, 0.2) is 5.78 Å². The zero-order chi connectivity index (χ0) is 20.9. The molecule has 1 aromatic carbocycles. The molecule has 1 amide bonds. The number of anilines is 1. The number of benzene rings is 1. The second-order valence-electron chi connectivity index (χ2n) is 9.62. The van der Waals surface area contributed by atoms with Gasteiger partial charge in [-0.25, -0.2) is 0 Å². The van der Waals surface area contributed by atoms with Crippen LogP contribution in [0.2, 0.25) is 0 Å². The van der Waals surface area contributed by atoms with E-state index < -0.39 is 5.91 Å². The van der Waals surface area contributed by atoms with E-state index in [0.29, 0.717) is 18.0 Å². The predicted octanol–water partition coefficient (Wildman–Crippen LogP) is 4.70. The Bertz CT molecular complexity index is 994. The number of aromatic nitrogens is 1. The highest BCUT2D eigenvalue weighted by atomic mass is 16.1. The summed E-state index contributed by atoms with van der Waals surface area (Å²) in [6.07, 6.45) is 8.14. The zero-order valence-corrected chi connectivity index (χ0v) is 17.9. The van der Waals surface area contributed by atoms with E-state index in [0.717, 1.165) is 53.0 Å². The van der Waals surface area contributed by atoms with Crippen LogP contribution in [0.5, 0.6) is 0 Å². The highest BCUT2D eigenvalue weighted by Crippen LogP contribution is 2.39. The quantitative estimate of drug-likeness (QED) is 0.790. The molecule has 1 fully saturated rings. The van der Waals surface area contributed by atoms with Crippen molar-refractivity contribution in [1.82, 2.24) is 4.57 Å². The molecule has 0 radical (unpaired) electrons. The van der Waals surface area contributed by atoms with Crippen molar-refractivity contribution in [3.8, 4) is 5.69 Å². The number of ketones is 1. The van der Waals surface area contributed by atoms with Crippen LogP contribution in [0, 0.1) is 19.3 Å². The molecule has 2 aromatic rings. The Hall–Kier alpha value is -2.56. The van der Waals surface area contributed by atoms with Crippen molar-refractivity contribution in [1.29, 1.82) is 0 Å². The summed E-state index contributed by atoms with van der Waals surface area (Å²) >= 11 is 0. The van der Waals surface area contributed by atoms with E-state index in [1.807, 2.05) is 26.0 Å². The number of amides is 1. The number of rotatable bonds is 4. The Balaban J connectivity index is 1.84. The maximum atomic E-state index is 12.8. The number of primary amides is 1.